The molecule has 2 N–H and O–H groups in total. The van der Waals surface area contributed by atoms with Crippen LogP contribution in [0.2, 0.25) is 5.02 Å². The van der Waals surface area contributed by atoms with E-state index in [-0.39, 0.29) is 0 Å². The van der Waals surface area contributed by atoms with Gasteiger partial charge >= 0.3 is 0 Å². The van der Waals surface area contributed by atoms with Crippen molar-refractivity contribution < 1.29 is 4.21 Å². The van der Waals surface area contributed by atoms with E-state index in [1.807, 2.05) is 6.07 Å². The first-order chi connectivity index (χ1) is 8.16. The summed E-state index contributed by atoms with van der Waals surface area (Å²) < 4.78 is 12.1. The monoisotopic (exact) mass is 271 g/mol. The van der Waals surface area contributed by atoms with Crippen molar-refractivity contribution in [3.8, 4) is 0 Å². The largest absolute Gasteiger partial charge is 0.398 e. The summed E-state index contributed by atoms with van der Waals surface area (Å²) in [5, 5.41) is 0.497. The predicted molar refractivity (Wildman–Crippen MR) is 73.7 cm³/mol. The van der Waals surface area contributed by atoms with E-state index in [1.165, 1.54) is 25.7 Å². The van der Waals surface area contributed by atoms with Crippen molar-refractivity contribution in [2.75, 3.05) is 11.5 Å². The average Bonchev–Trinajstić information content (AvgIpc) is 2.82. The fourth-order valence-corrected chi connectivity index (χ4v) is 3.84. The molecular weight excluding hydrogens is 254 g/mol. The first-order valence-corrected chi connectivity index (χ1v) is 7.80. The van der Waals surface area contributed by atoms with E-state index in [4.69, 9.17) is 17.3 Å². The van der Waals surface area contributed by atoms with Crippen molar-refractivity contribution in [3.05, 3.63) is 23.2 Å². The van der Waals surface area contributed by atoms with E-state index in [9.17, 15) is 4.21 Å². The van der Waals surface area contributed by atoms with Gasteiger partial charge in [-0.1, -0.05) is 37.3 Å². The summed E-state index contributed by atoms with van der Waals surface area (Å²) in [7, 11) is -0.938. The van der Waals surface area contributed by atoms with Crippen LogP contribution < -0.4 is 5.73 Å². The third-order valence-electron chi connectivity index (χ3n) is 3.42. The van der Waals surface area contributed by atoms with Crippen LogP contribution in [0.15, 0.2) is 23.1 Å². The maximum Gasteiger partial charge on any atom is 0.0647 e. The SMILES string of the molecule is Nc1ccc(S(=O)CCC2CCCC2)cc1Cl. The second-order valence-corrected chi connectivity index (χ2v) is 6.65. The summed E-state index contributed by atoms with van der Waals surface area (Å²) in [6.45, 7) is 0. The van der Waals surface area contributed by atoms with E-state index in [2.05, 4.69) is 0 Å². The first kappa shape index (κ1) is 12.9. The Morgan fingerprint density at radius 2 is 2.06 bits per heavy atom. The van der Waals surface area contributed by atoms with Crippen LogP contribution in [0.5, 0.6) is 0 Å². The zero-order valence-corrected chi connectivity index (χ0v) is 11.4. The van der Waals surface area contributed by atoms with Crippen molar-refractivity contribution in [3.63, 3.8) is 0 Å². The topological polar surface area (TPSA) is 43.1 Å². The number of halogens is 1. The summed E-state index contributed by atoms with van der Waals surface area (Å²) in [4.78, 5) is 0.794. The molecule has 2 rings (SSSR count). The number of rotatable bonds is 4. The summed E-state index contributed by atoms with van der Waals surface area (Å²) >= 11 is 5.93. The molecule has 0 spiro atoms. The molecule has 17 heavy (non-hydrogen) atoms. The second kappa shape index (κ2) is 5.87. The van der Waals surface area contributed by atoms with Gasteiger partial charge in [0, 0.05) is 10.6 Å². The van der Waals surface area contributed by atoms with E-state index in [1.54, 1.807) is 12.1 Å². The highest BCUT2D eigenvalue weighted by molar-refractivity contribution is 7.85. The van der Waals surface area contributed by atoms with Crippen molar-refractivity contribution in [1.82, 2.24) is 0 Å². The van der Waals surface area contributed by atoms with Gasteiger partial charge in [-0.2, -0.15) is 0 Å². The highest BCUT2D eigenvalue weighted by atomic mass is 35.5. The van der Waals surface area contributed by atoms with E-state index >= 15 is 0 Å². The molecule has 0 saturated heterocycles. The molecule has 0 radical (unpaired) electrons. The van der Waals surface area contributed by atoms with Gasteiger partial charge in [0.25, 0.3) is 0 Å². The van der Waals surface area contributed by atoms with Crippen LogP contribution in [0, 0.1) is 5.92 Å². The van der Waals surface area contributed by atoms with Gasteiger partial charge in [-0.15, -0.1) is 0 Å². The lowest BCUT2D eigenvalue weighted by atomic mass is 10.1. The predicted octanol–water partition coefficient (Wildman–Crippen LogP) is 3.61. The molecule has 0 aromatic heterocycles. The van der Waals surface area contributed by atoms with Crippen molar-refractivity contribution in [2.45, 2.75) is 37.0 Å². The highest BCUT2D eigenvalue weighted by Gasteiger charge is 2.16. The van der Waals surface area contributed by atoms with E-state index in [0.29, 0.717) is 10.7 Å². The number of nitrogen functional groups attached to an aromatic ring is 1. The Hall–Kier alpha value is -0.540. The minimum atomic E-state index is -0.938. The van der Waals surface area contributed by atoms with Crippen LogP contribution in [-0.4, -0.2) is 9.96 Å². The lowest BCUT2D eigenvalue weighted by Gasteiger charge is -2.08. The molecule has 1 atom stereocenters. The van der Waals surface area contributed by atoms with Crippen molar-refractivity contribution in [1.29, 1.82) is 0 Å². The van der Waals surface area contributed by atoms with Crippen LogP contribution in [0.4, 0.5) is 5.69 Å². The molecule has 94 valence electrons. The molecule has 1 unspecified atom stereocenters. The molecular formula is C13H18ClNOS. The van der Waals surface area contributed by atoms with Crippen LogP contribution in [0.3, 0.4) is 0 Å². The van der Waals surface area contributed by atoms with Crippen molar-refractivity contribution in [2.24, 2.45) is 5.92 Å². The summed E-state index contributed by atoms with van der Waals surface area (Å²) in [5.41, 5.74) is 6.18. The van der Waals surface area contributed by atoms with Gasteiger partial charge in [0.05, 0.1) is 21.5 Å². The number of hydrogen-bond acceptors (Lipinski definition) is 2. The molecule has 4 heteroatoms. The van der Waals surface area contributed by atoms with E-state index < -0.39 is 10.8 Å². The van der Waals surface area contributed by atoms with E-state index in [0.717, 1.165) is 23.0 Å². The molecule has 1 aliphatic rings. The first-order valence-electron chi connectivity index (χ1n) is 6.10. The quantitative estimate of drug-likeness (QED) is 0.850. The third-order valence-corrected chi connectivity index (χ3v) is 5.13. The Morgan fingerprint density at radius 3 is 2.71 bits per heavy atom. The summed E-state index contributed by atoms with van der Waals surface area (Å²) in [6, 6.07) is 5.26. The zero-order valence-electron chi connectivity index (χ0n) is 9.82. The van der Waals surface area contributed by atoms with Crippen LogP contribution in [0.25, 0.3) is 0 Å². The Morgan fingerprint density at radius 1 is 1.35 bits per heavy atom. The molecule has 1 aliphatic carbocycles. The summed E-state index contributed by atoms with van der Waals surface area (Å²) in [5.74, 6) is 1.52. The second-order valence-electron chi connectivity index (χ2n) is 4.67. The smallest absolute Gasteiger partial charge is 0.0647 e. The van der Waals surface area contributed by atoms with Gasteiger partial charge < -0.3 is 5.73 Å². The lowest BCUT2D eigenvalue weighted by Crippen LogP contribution is -2.04. The molecule has 0 bridgehead atoms. The zero-order chi connectivity index (χ0) is 12.3. The molecule has 1 aromatic carbocycles. The van der Waals surface area contributed by atoms with Gasteiger partial charge in [0.1, 0.15) is 0 Å². The van der Waals surface area contributed by atoms with Crippen LogP contribution >= 0.6 is 11.6 Å². The average molecular weight is 272 g/mol. The van der Waals surface area contributed by atoms with Crippen molar-refractivity contribution >= 4 is 28.1 Å². The maximum absolute atomic E-state index is 12.1. The minimum Gasteiger partial charge on any atom is -0.398 e. The van der Waals surface area contributed by atoms with Gasteiger partial charge in [0.2, 0.25) is 0 Å². The van der Waals surface area contributed by atoms with Crippen LogP contribution in [-0.2, 0) is 10.8 Å². The fraction of sp³-hybridized carbons (Fsp3) is 0.538. The third kappa shape index (κ3) is 3.46. The number of benzene rings is 1. The fourth-order valence-electron chi connectivity index (χ4n) is 2.34. The Labute approximate surface area is 110 Å². The van der Waals surface area contributed by atoms with Gasteiger partial charge in [0.15, 0.2) is 0 Å². The van der Waals surface area contributed by atoms with Crippen LogP contribution in [0.1, 0.15) is 32.1 Å². The van der Waals surface area contributed by atoms with Gasteiger partial charge in [-0.05, 0) is 30.5 Å². The highest BCUT2D eigenvalue weighted by Crippen LogP contribution is 2.28. The standard InChI is InChI=1S/C13H18ClNOS/c14-12-9-11(5-6-13(12)15)17(16)8-7-10-3-1-2-4-10/h5-6,9-10H,1-4,7-8,15H2. The molecule has 0 aliphatic heterocycles. The lowest BCUT2D eigenvalue weighted by molar-refractivity contribution is 0.531. The summed E-state index contributed by atoms with van der Waals surface area (Å²) in [6.07, 6.45) is 6.35. The van der Waals surface area contributed by atoms with Gasteiger partial charge in [-0.3, -0.25) is 4.21 Å². The molecule has 0 heterocycles. The maximum atomic E-state index is 12.1. The number of anilines is 1. The number of hydrogen-bond donors (Lipinski definition) is 1. The Bertz CT molecular complexity index is 416. The molecule has 1 fully saturated rings. The molecule has 0 amide bonds. The Kier molecular flexibility index (Phi) is 4.46. The minimum absolute atomic E-state index is 0.497. The molecule has 1 saturated carbocycles. The normalized spacial score (nSPS) is 18.4. The van der Waals surface area contributed by atoms with Gasteiger partial charge in [-0.25, -0.2) is 0 Å². The number of nitrogens with two attached hydrogens (primary N) is 1. The molecule has 1 aromatic rings. The molecule has 2 nitrogen and oxygen atoms in total. The Balaban J connectivity index is 1.92.